The average molecular weight is 249 g/mol. The molecule has 1 N–H and O–H groups in total. The van der Waals surface area contributed by atoms with Gasteiger partial charge in [-0.1, -0.05) is 26.2 Å². The molecule has 0 amide bonds. The largest absolute Gasteiger partial charge is 0.466 e. The Hall–Kier alpha value is -0.760. The third-order valence-corrected chi connectivity index (χ3v) is 4.67. The fraction of sp³-hybridized carbons (Fsp3) is 0.750. The molecular formula is C16H27NO. The van der Waals surface area contributed by atoms with E-state index in [0.29, 0.717) is 6.04 Å². The van der Waals surface area contributed by atoms with E-state index in [4.69, 9.17) is 4.42 Å². The van der Waals surface area contributed by atoms with Crippen LogP contribution >= 0.6 is 0 Å². The van der Waals surface area contributed by atoms with Gasteiger partial charge in [-0.25, -0.2) is 0 Å². The number of furan rings is 1. The lowest BCUT2D eigenvalue weighted by atomic mass is 9.76. The smallest absolute Gasteiger partial charge is 0.105 e. The molecule has 0 saturated heterocycles. The van der Waals surface area contributed by atoms with Crippen LogP contribution in [0.5, 0.6) is 0 Å². The van der Waals surface area contributed by atoms with E-state index in [9.17, 15) is 0 Å². The summed E-state index contributed by atoms with van der Waals surface area (Å²) < 4.78 is 5.69. The summed E-state index contributed by atoms with van der Waals surface area (Å²) in [5.74, 6) is 3.86. The van der Waals surface area contributed by atoms with Crippen LogP contribution < -0.4 is 5.32 Å². The minimum Gasteiger partial charge on any atom is -0.466 e. The Labute approximate surface area is 111 Å². The summed E-state index contributed by atoms with van der Waals surface area (Å²) in [6.45, 7) is 6.45. The van der Waals surface area contributed by atoms with Gasteiger partial charge in [-0.05, 0) is 51.6 Å². The predicted octanol–water partition coefficient (Wildman–Crippen LogP) is 4.37. The van der Waals surface area contributed by atoms with Gasteiger partial charge in [0.1, 0.15) is 11.5 Å². The summed E-state index contributed by atoms with van der Waals surface area (Å²) in [5.41, 5.74) is 1.37. The lowest BCUT2D eigenvalue weighted by molar-refractivity contribution is 0.223. The highest BCUT2D eigenvalue weighted by atomic mass is 16.3. The normalized spacial score (nSPS) is 26.2. The summed E-state index contributed by atoms with van der Waals surface area (Å²) in [5, 5.41) is 3.52. The van der Waals surface area contributed by atoms with Crippen molar-refractivity contribution in [3.8, 4) is 0 Å². The van der Waals surface area contributed by atoms with Crippen LogP contribution in [0.1, 0.15) is 62.2 Å². The van der Waals surface area contributed by atoms with Crippen LogP contribution in [0, 0.1) is 25.7 Å². The fourth-order valence-electron chi connectivity index (χ4n) is 3.53. The number of hydrogen-bond acceptors (Lipinski definition) is 2. The first-order valence-corrected chi connectivity index (χ1v) is 7.39. The Morgan fingerprint density at radius 2 is 1.94 bits per heavy atom. The summed E-state index contributed by atoms with van der Waals surface area (Å²) in [6.07, 6.45) is 6.85. The van der Waals surface area contributed by atoms with Crippen molar-refractivity contribution >= 4 is 0 Å². The van der Waals surface area contributed by atoms with Crippen LogP contribution in [-0.2, 0) is 0 Å². The Balaban J connectivity index is 2.08. The molecule has 1 aromatic rings. The van der Waals surface area contributed by atoms with E-state index in [1.807, 2.05) is 6.92 Å². The van der Waals surface area contributed by atoms with Gasteiger partial charge in [0.25, 0.3) is 0 Å². The number of hydrogen-bond donors (Lipinski definition) is 1. The molecule has 2 rings (SSSR count). The van der Waals surface area contributed by atoms with Gasteiger partial charge >= 0.3 is 0 Å². The van der Waals surface area contributed by atoms with E-state index < -0.39 is 0 Å². The fourth-order valence-corrected chi connectivity index (χ4v) is 3.53. The van der Waals surface area contributed by atoms with Gasteiger partial charge in [-0.15, -0.1) is 0 Å². The van der Waals surface area contributed by atoms with Gasteiger partial charge in [0.05, 0.1) is 0 Å². The third-order valence-electron chi connectivity index (χ3n) is 4.67. The van der Waals surface area contributed by atoms with Crippen LogP contribution in [0.4, 0.5) is 0 Å². The second-order valence-electron chi connectivity index (χ2n) is 5.82. The van der Waals surface area contributed by atoms with Gasteiger partial charge in [0.2, 0.25) is 0 Å². The summed E-state index contributed by atoms with van der Waals surface area (Å²) in [7, 11) is 2.08. The molecule has 1 fully saturated rings. The summed E-state index contributed by atoms with van der Waals surface area (Å²) in [4.78, 5) is 0. The first-order chi connectivity index (χ1) is 8.65. The molecule has 1 aromatic heterocycles. The molecule has 0 aliphatic heterocycles. The summed E-state index contributed by atoms with van der Waals surface area (Å²) >= 11 is 0. The van der Waals surface area contributed by atoms with Crippen molar-refractivity contribution in [1.82, 2.24) is 5.32 Å². The SMILES string of the molecule is CCC1CCC(C(NC)c2cc(C)oc2C)CC1. The Bertz CT molecular complexity index is 374. The zero-order chi connectivity index (χ0) is 13.1. The maximum atomic E-state index is 5.69. The molecular weight excluding hydrogens is 222 g/mol. The highest BCUT2D eigenvalue weighted by Crippen LogP contribution is 2.39. The molecule has 0 bridgehead atoms. The van der Waals surface area contributed by atoms with Gasteiger partial charge in [0.15, 0.2) is 0 Å². The molecule has 2 heteroatoms. The van der Waals surface area contributed by atoms with Crippen LogP contribution in [0.2, 0.25) is 0 Å². The van der Waals surface area contributed by atoms with E-state index in [2.05, 4.69) is 32.3 Å². The van der Waals surface area contributed by atoms with E-state index in [1.165, 1.54) is 37.7 Å². The number of rotatable bonds is 4. The molecule has 1 atom stereocenters. The number of nitrogens with one attached hydrogen (secondary N) is 1. The molecule has 1 aliphatic rings. The first-order valence-electron chi connectivity index (χ1n) is 7.39. The molecule has 102 valence electrons. The van der Waals surface area contributed by atoms with Crippen molar-refractivity contribution in [3.05, 3.63) is 23.2 Å². The lowest BCUT2D eigenvalue weighted by Gasteiger charge is -2.33. The van der Waals surface area contributed by atoms with Crippen molar-refractivity contribution in [3.63, 3.8) is 0 Å². The van der Waals surface area contributed by atoms with E-state index in [0.717, 1.165) is 23.4 Å². The van der Waals surface area contributed by atoms with Crippen LogP contribution in [-0.4, -0.2) is 7.05 Å². The molecule has 18 heavy (non-hydrogen) atoms. The minimum absolute atomic E-state index is 0.472. The quantitative estimate of drug-likeness (QED) is 0.857. The third kappa shape index (κ3) is 2.80. The predicted molar refractivity (Wildman–Crippen MR) is 75.7 cm³/mol. The Morgan fingerprint density at radius 3 is 2.39 bits per heavy atom. The standard InChI is InChI=1S/C16H27NO/c1-5-13-6-8-14(9-7-13)16(17-4)15-10-11(2)18-12(15)3/h10,13-14,16-17H,5-9H2,1-4H3. The first kappa shape index (κ1) is 13.7. The second kappa shape index (κ2) is 5.92. The van der Waals surface area contributed by atoms with E-state index in [-0.39, 0.29) is 0 Å². The van der Waals surface area contributed by atoms with E-state index in [1.54, 1.807) is 0 Å². The lowest BCUT2D eigenvalue weighted by Crippen LogP contribution is -2.28. The van der Waals surface area contributed by atoms with Crippen molar-refractivity contribution in [2.75, 3.05) is 7.05 Å². The average Bonchev–Trinajstić information content (AvgIpc) is 2.70. The highest BCUT2D eigenvalue weighted by molar-refractivity contribution is 5.24. The minimum atomic E-state index is 0.472. The Kier molecular flexibility index (Phi) is 4.50. The maximum Gasteiger partial charge on any atom is 0.105 e. The number of aryl methyl sites for hydroxylation is 2. The van der Waals surface area contributed by atoms with Crippen molar-refractivity contribution in [2.24, 2.45) is 11.8 Å². The molecule has 0 spiro atoms. The topological polar surface area (TPSA) is 25.2 Å². The van der Waals surface area contributed by atoms with Crippen molar-refractivity contribution in [2.45, 2.75) is 58.9 Å². The van der Waals surface area contributed by atoms with Gasteiger partial charge < -0.3 is 9.73 Å². The van der Waals surface area contributed by atoms with Crippen molar-refractivity contribution in [1.29, 1.82) is 0 Å². The van der Waals surface area contributed by atoms with Crippen LogP contribution in [0.3, 0.4) is 0 Å². The molecule has 1 aliphatic carbocycles. The molecule has 1 unspecified atom stereocenters. The van der Waals surface area contributed by atoms with Crippen LogP contribution in [0.25, 0.3) is 0 Å². The molecule has 1 saturated carbocycles. The molecule has 0 aromatic carbocycles. The van der Waals surface area contributed by atoms with Crippen LogP contribution in [0.15, 0.2) is 10.5 Å². The highest BCUT2D eigenvalue weighted by Gasteiger charge is 2.29. The second-order valence-corrected chi connectivity index (χ2v) is 5.82. The Morgan fingerprint density at radius 1 is 1.28 bits per heavy atom. The van der Waals surface area contributed by atoms with E-state index >= 15 is 0 Å². The van der Waals surface area contributed by atoms with Crippen molar-refractivity contribution < 1.29 is 4.42 Å². The molecule has 1 heterocycles. The van der Waals surface area contributed by atoms with Gasteiger partial charge in [0, 0.05) is 11.6 Å². The zero-order valence-corrected chi connectivity index (χ0v) is 12.3. The summed E-state index contributed by atoms with van der Waals surface area (Å²) in [6, 6.07) is 2.68. The zero-order valence-electron chi connectivity index (χ0n) is 12.3. The monoisotopic (exact) mass is 249 g/mol. The maximum absolute atomic E-state index is 5.69. The van der Waals surface area contributed by atoms with Gasteiger partial charge in [-0.2, -0.15) is 0 Å². The van der Waals surface area contributed by atoms with Gasteiger partial charge in [-0.3, -0.25) is 0 Å². The molecule has 0 radical (unpaired) electrons. The molecule has 2 nitrogen and oxygen atoms in total.